The van der Waals surface area contributed by atoms with Gasteiger partial charge in [0.15, 0.2) is 5.69 Å². The van der Waals surface area contributed by atoms with Gasteiger partial charge in [-0.3, -0.25) is 4.68 Å². The van der Waals surface area contributed by atoms with Crippen molar-refractivity contribution in [3.8, 4) is 0 Å². The van der Waals surface area contributed by atoms with E-state index in [0.29, 0.717) is 13.2 Å². The number of hydrogen-bond donors (Lipinski definition) is 2. The van der Waals surface area contributed by atoms with Crippen LogP contribution in [0.2, 0.25) is 0 Å². The number of ether oxygens (including phenoxy) is 1. The second-order valence-corrected chi connectivity index (χ2v) is 4.47. The zero-order valence-corrected chi connectivity index (χ0v) is 9.48. The van der Waals surface area contributed by atoms with Crippen molar-refractivity contribution < 1.29 is 14.6 Å². The smallest absolute Gasteiger partial charge is 0.356 e. The van der Waals surface area contributed by atoms with Gasteiger partial charge in [-0.2, -0.15) is 5.10 Å². The van der Waals surface area contributed by atoms with Gasteiger partial charge in [-0.15, -0.1) is 0 Å². The highest BCUT2D eigenvalue weighted by molar-refractivity contribution is 5.87. The van der Waals surface area contributed by atoms with Crippen molar-refractivity contribution in [2.75, 3.05) is 19.8 Å². The van der Waals surface area contributed by atoms with Crippen LogP contribution in [0.3, 0.4) is 0 Å². The molecule has 1 unspecified atom stereocenters. The number of carbonyl (C=O) groups is 1. The van der Waals surface area contributed by atoms with Crippen LogP contribution < -0.4 is 5.32 Å². The maximum Gasteiger partial charge on any atom is 0.356 e. The normalized spacial score (nSPS) is 23.6. The van der Waals surface area contributed by atoms with Crippen molar-refractivity contribution in [2.45, 2.75) is 25.4 Å². The Balaban J connectivity index is 2.05. The SMILES string of the molecule is O=C(O)c1nn(C2CCOC2)c2c1CCNC2. The molecule has 0 amide bonds. The topological polar surface area (TPSA) is 76.4 Å². The minimum absolute atomic E-state index is 0.191. The highest BCUT2D eigenvalue weighted by Gasteiger charge is 2.29. The van der Waals surface area contributed by atoms with Gasteiger partial charge < -0.3 is 15.2 Å². The predicted molar refractivity (Wildman–Crippen MR) is 59.1 cm³/mol. The summed E-state index contributed by atoms with van der Waals surface area (Å²) in [5, 5.41) is 16.7. The summed E-state index contributed by atoms with van der Waals surface area (Å²) >= 11 is 0. The number of fused-ring (bicyclic) bond motifs is 1. The second kappa shape index (κ2) is 4.12. The monoisotopic (exact) mass is 237 g/mol. The Morgan fingerprint density at radius 3 is 3.18 bits per heavy atom. The standard InChI is InChI=1S/C11H15N3O3/c15-11(16)10-8-1-3-12-5-9(8)14(13-10)7-2-4-17-6-7/h7,12H,1-6H2,(H,15,16). The van der Waals surface area contributed by atoms with E-state index in [1.807, 2.05) is 4.68 Å². The molecule has 1 saturated heterocycles. The van der Waals surface area contributed by atoms with Crippen LogP contribution in [0, 0.1) is 0 Å². The van der Waals surface area contributed by atoms with Crippen LogP contribution in [0.4, 0.5) is 0 Å². The van der Waals surface area contributed by atoms with Crippen LogP contribution >= 0.6 is 0 Å². The highest BCUT2D eigenvalue weighted by atomic mass is 16.5. The first-order valence-corrected chi connectivity index (χ1v) is 5.89. The summed E-state index contributed by atoms with van der Waals surface area (Å²) in [4.78, 5) is 11.2. The van der Waals surface area contributed by atoms with Gasteiger partial charge in [-0.25, -0.2) is 4.79 Å². The number of hydrogen-bond acceptors (Lipinski definition) is 4. The fourth-order valence-corrected chi connectivity index (χ4v) is 2.56. The average molecular weight is 237 g/mol. The number of aromatic nitrogens is 2. The van der Waals surface area contributed by atoms with E-state index in [2.05, 4.69) is 10.4 Å². The molecule has 0 spiro atoms. The van der Waals surface area contributed by atoms with Crippen molar-refractivity contribution in [1.82, 2.24) is 15.1 Å². The first-order chi connectivity index (χ1) is 8.27. The maximum atomic E-state index is 11.2. The van der Waals surface area contributed by atoms with Crippen molar-refractivity contribution in [3.63, 3.8) is 0 Å². The number of aromatic carboxylic acids is 1. The Hall–Kier alpha value is -1.40. The summed E-state index contributed by atoms with van der Waals surface area (Å²) < 4.78 is 7.20. The molecule has 2 aliphatic heterocycles. The average Bonchev–Trinajstić information content (AvgIpc) is 2.95. The molecule has 1 atom stereocenters. The van der Waals surface area contributed by atoms with Crippen LogP contribution in [0.15, 0.2) is 0 Å². The molecule has 2 aliphatic rings. The van der Waals surface area contributed by atoms with Gasteiger partial charge in [0.1, 0.15) is 0 Å². The summed E-state index contributed by atoms with van der Waals surface area (Å²) in [5.41, 5.74) is 2.13. The molecule has 0 aromatic carbocycles. The van der Waals surface area contributed by atoms with E-state index >= 15 is 0 Å². The molecule has 92 valence electrons. The van der Waals surface area contributed by atoms with Gasteiger partial charge in [0.25, 0.3) is 0 Å². The number of carboxylic acid groups (broad SMARTS) is 1. The molecule has 6 nitrogen and oxygen atoms in total. The zero-order chi connectivity index (χ0) is 11.8. The van der Waals surface area contributed by atoms with Crippen LogP contribution in [-0.2, 0) is 17.7 Å². The van der Waals surface area contributed by atoms with Crippen molar-refractivity contribution in [3.05, 3.63) is 17.0 Å². The van der Waals surface area contributed by atoms with E-state index in [0.717, 1.165) is 37.3 Å². The van der Waals surface area contributed by atoms with Gasteiger partial charge in [0, 0.05) is 18.7 Å². The van der Waals surface area contributed by atoms with E-state index in [4.69, 9.17) is 9.84 Å². The Morgan fingerprint density at radius 1 is 1.59 bits per heavy atom. The molecule has 6 heteroatoms. The Bertz CT molecular complexity index is 449. The van der Waals surface area contributed by atoms with Crippen LogP contribution in [-0.4, -0.2) is 40.6 Å². The first kappa shape index (κ1) is 10.7. The van der Waals surface area contributed by atoms with Crippen molar-refractivity contribution in [2.24, 2.45) is 0 Å². The fourth-order valence-electron chi connectivity index (χ4n) is 2.56. The van der Waals surface area contributed by atoms with E-state index in [9.17, 15) is 4.79 Å². The van der Waals surface area contributed by atoms with Gasteiger partial charge in [-0.05, 0) is 19.4 Å². The fraction of sp³-hybridized carbons (Fsp3) is 0.636. The Kier molecular flexibility index (Phi) is 2.60. The molecule has 3 heterocycles. The molecule has 3 rings (SSSR count). The molecule has 0 radical (unpaired) electrons. The van der Waals surface area contributed by atoms with E-state index in [1.165, 1.54) is 0 Å². The molecule has 17 heavy (non-hydrogen) atoms. The lowest BCUT2D eigenvalue weighted by atomic mass is 10.1. The minimum Gasteiger partial charge on any atom is -0.476 e. The lowest BCUT2D eigenvalue weighted by Gasteiger charge is -2.18. The quantitative estimate of drug-likeness (QED) is 0.767. The first-order valence-electron chi connectivity index (χ1n) is 5.89. The molecular weight excluding hydrogens is 222 g/mol. The van der Waals surface area contributed by atoms with Gasteiger partial charge in [-0.1, -0.05) is 0 Å². The molecular formula is C11H15N3O3. The third kappa shape index (κ3) is 1.73. The molecule has 0 saturated carbocycles. The van der Waals surface area contributed by atoms with Crippen molar-refractivity contribution >= 4 is 5.97 Å². The predicted octanol–water partition coefficient (Wildman–Crippen LogP) is 0.188. The number of carboxylic acids is 1. The molecule has 0 aliphatic carbocycles. The summed E-state index contributed by atoms with van der Waals surface area (Å²) in [6, 6.07) is 0.191. The van der Waals surface area contributed by atoms with Crippen LogP contribution in [0.25, 0.3) is 0 Å². The second-order valence-electron chi connectivity index (χ2n) is 4.47. The number of rotatable bonds is 2. The third-order valence-electron chi connectivity index (χ3n) is 3.42. The summed E-state index contributed by atoms with van der Waals surface area (Å²) in [5.74, 6) is -0.930. The Morgan fingerprint density at radius 2 is 2.47 bits per heavy atom. The molecule has 0 bridgehead atoms. The number of nitrogens with one attached hydrogen (secondary N) is 1. The molecule has 2 N–H and O–H groups in total. The van der Waals surface area contributed by atoms with Crippen LogP contribution in [0.5, 0.6) is 0 Å². The molecule has 1 aromatic heterocycles. The van der Waals surface area contributed by atoms with E-state index < -0.39 is 5.97 Å². The highest BCUT2D eigenvalue weighted by Crippen LogP contribution is 2.26. The lowest BCUT2D eigenvalue weighted by Crippen LogP contribution is -2.27. The van der Waals surface area contributed by atoms with Crippen LogP contribution in [0.1, 0.15) is 34.2 Å². The summed E-state index contributed by atoms with van der Waals surface area (Å²) in [6.07, 6.45) is 1.65. The van der Waals surface area contributed by atoms with Gasteiger partial charge in [0.2, 0.25) is 0 Å². The van der Waals surface area contributed by atoms with Gasteiger partial charge in [0.05, 0.1) is 18.3 Å². The summed E-state index contributed by atoms with van der Waals surface area (Å²) in [6.45, 7) is 2.88. The van der Waals surface area contributed by atoms with E-state index in [1.54, 1.807) is 0 Å². The van der Waals surface area contributed by atoms with E-state index in [-0.39, 0.29) is 11.7 Å². The largest absolute Gasteiger partial charge is 0.476 e. The maximum absolute atomic E-state index is 11.2. The summed E-state index contributed by atoms with van der Waals surface area (Å²) in [7, 11) is 0. The lowest BCUT2D eigenvalue weighted by molar-refractivity contribution is 0.0687. The zero-order valence-electron chi connectivity index (χ0n) is 9.48. The number of nitrogens with zero attached hydrogens (tertiary/aromatic N) is 2. The Labute approximate surface area is 98.6 Å². The minimum atomic E-state index is -0.930. The van der Waals surface area contributed by atoms with Gasteiger partial charge >= 0.3 is 5.97 Å². The molecule has 1 fully saturated rings. The van der Waals surface area contributed by atoms with Crippen molar-refractivity contribution in [1.29, 1.82) is 0 Å². The molecule has 1 aromatic rings. The third-order valence-corrected chi connectivity index (χ3v) is 3.42.